The number of nitrogens with zero attached hydrogens (tertiary/aromatic N) is 2. The maximum atomic E-state index is 11.8. The van der Waals surface area contributed by atoms with E-state index < -0.39 is 6.04 Å². The largest absolute Gasteiger partial charge is 0.349 e. The predicted octanol–water partition coefficient (Wildman–Crippen LogP) is 1.20. The molecule has 4 N–H and O–H groups in total. The summed E-state index contributed by atoms with van der Waals surface area (Å²) in [5.41, 5.74) is 8.43. The molecule has 9 heteroatoms. The Morgan fingerprint density at radius 1 is 1.28 bits per heavy atom. The number of fused-ring (bicyclic) bond motifs is 1. The zero-order chi connectivity index (χ0) is 17.0. The van der Waals surface area contributed by atoms with E-state index in [1.165, 1.54) is 0 Å². The lowest BCUT2D eigenvalue weighted by atomic mass is 10.1. The number of carbonyl (C=O) groups excluding carboxylic acids is 2. The molecule has 0 aromatic carbocycles. The molecule has 7 nitrogen and oxygen atoms in total. The van der Waals surface area contributed by atoms with Gasteiger partial charge in [-0.15, -0.1) is 24.8 Å². The molecule has 0 radical (unpaired) electrons. The van der Waals surface area contributed by atoms with Crippen molar-refractivity contribution in [2.24, 2.45) is 11.7 Å². The van der Waals surface area contributed by atoms with E-state index in [2.05, 4.69) is 15.6 Å². The first-order valence-corrected chi connectivity index (χ1v) is 7.61. The first-order valence-electron chi connectivity index (χ1n) is 7.61. The van der Waals surface area contributed by atoms with Crippen LogP contribution in [0.5, 0.6) is 0 Å². The van der Waals surface area contributed by atoms with Gasteiger partial charge in [-0.2, -0.15) is 0 Å². The van der Waals surface area contributed by atoms with Gasteiger partial charge in [0.15, 0.2) is 0 Å². The number of rotatable bonds is 6. The number of nitrogens with two attached hydrogens (primary N) is 1. The summed E-state index contributed by atoms with van der Waals surface area (Å²) in [5.74, 6) is -0.569. The topological polar surface area (TPSA) is 102 Å². The molecule has 2 heterocycles. The summed E-state index contributed by atoms with van der Waals surface area (Å²) in [6.45, 7) is 5.93. The Bertz CT molecular complexity index is 718. The number of aromatic nitrogens is 2. The summed E-state index contributed by atoms with van der Waals surface area (Å²) in [6, 6.07) is 3.35. The minimum absolute atomic E-state index is 0. The van der Waals surface area contributed by atoms with E-state index in [0.29, 0.717) is 6.54 Å². The molecule has 25 heavy (non-hydrogen) atoms. The molecule has 0 spiro atoms. The van der Waals surface area contributed by atoms with Crippen molar-refractivity contribution in [3.05, 3.63) is 35.8 Å². The molecule has 0 saturated heterocycles. The van der Waals surface area contributed by atoms with Crippen molar-refractivity contribution in [2.45, 2.75) is 33.4 Å². The number of nitrogens with one attached hydrogen (secondary N) is 2. The van der Waals surface area contributed by atoms with Crippen molar-refractivity contribution in [1.29, 1.82) is 0 Å². The van der Waals surface area contributed by atoms with Crippen LogP contribution in [-0.2, 0) is 16.1 Å². The van der Waals surface area contributed by atoms with Gasteiger partial charge in [-0.1, -0.05) is 13.8 Å². The second kappa shape index (κ2) is 10.2. The molecule has 2 aromatic heterocycles. The van der Waals surface area contributed by atoms with Gasteiger partial charge in [0.2, 0.25) is 11.8 Å². The molecule has 2 aromatic rings. The average molecular weight is 390 g/mol. The lowest BCUT2D eigenvalue weighted by molar-refractivity contribution is -0.127. The summed E-state index contributed by atoms with van der Waals surface area (Å²) >= 11 is 0. The van der Waals surface area contributed by atoms with Crippen LogP contribution in [0.15, 0.2) is 24.5 Å². The molecular formula is C16H25Cl2N5O2. The fourth-order valence-electron chi connectivity index (χ4n) is 2.06. The van der Waals surface area contributed by atoms with E-state index in [9.17, 15) is 9.59 Å². The maximum Gasteiger partial charge on any atom is 0.239 e. The third-order valence-electron chi connectivity index (χ3n) is 3.58. The van der Waals surface area contributed by atoms with Crippen LogP contribution < -0.4 is 16.4 Å². The first kappa shape index (κ1) is 23.2. The molecule has 0 bridgehead atoms. The molecular weight excluding hydrogens is 365 g/mol. The van der Waals surface area contributed by atoms with Crippen molar-refractivity contribution in [3.63, 3.8) is 0 Å². The fourth-order valence-corrected chi connectivity index (χ4v) is 2.06. The average Bonchev–Trinajstić information content (AvgIpc) is 2.91. The molecule has 0 aliphatic carbocycles. The van der Waals surface area contributed by atoms with Crippen molar-refractivity contribution in [1.82, 2.24) is 20.0 Å². The number of aryl methyl sites for hydroxylation is 1. The van der Waals surface area contributed by atoms with E-state index in [1.54, 1.807) is 0 Å². The molecule has 2 amide bonds. The summed E-state index contributed by atoms with van der Waals surface area (Å²) in [6.07, 6.45) is 3.79. The molecule has 0 aliphatic rings. The molecule has 0 fully saturated rings. The number of imidazole rings is 1. The van der Waals surface area contributed by atoms with Crippen LogP contribution in [-0.4, -0.2) is 33.8 Å². The fraction of sp³-hybridized carbons (Fsp3) is 0.438. The highest BCUT2D eigenvalue weighted by molar-refractivity contribution is 5.87. The number of hydrogen-bond donors (Lipinski definition) is 3. The van der Waals surface area contributed by atoms with Gasteiger partial charge in [0.1, 0.15) is 5.65 Å². The Morgan fingerprint density at radius 2 is 1.96 bits per heavy atom. The highest BCUT2D eigenvalue weighted by Crippen LogP contribution is 2.07. The Labute approximate surface area is 159 Å². The second-order valence-corrected chi connectivity index (χ2v) is 5.97. The number of amides is 2. The summed E-state index contributed by atoms with van der Waals surface area (Å²) in [4.78, 5) is 27.9. The number of hydrogen-bond acceptors (Lipinski definition) is 4. The second-order valence-electron chi connectivity index (χ2n) is 5.97. The zero-order valence-electron chi connectivity index (χ0n) is 14.5. The minimum Gasteiger partial charge on any atom is -0.349 e. The van der Waals surface area contributed by atoms with Gasteiger partial charge in [-0.05, 0) is 30.5 Å². The van der Waals surface area contributed by atoms with E-state index in [-0.39, 0.29) is 49.1 Å². The molecule has 2 rings (SSSR count). The third-order valence-corrected chi connectivity index (χ3v) is 3.58. The van der Waals surface area contributed by atoms with Gasteiger partial charge >= 0.3 is 0 Å². The Balaban J connectivity index is 0.00000288. The minimum atomic E-state index is -0.607. The van der Waals surface area contributed by atoms with Crippen LogP contribution in [0.25, 0.3) is 5.65 Å². The van der Waals surface area contributed by atoms with Crippen LogP contribution in [0.1, 0.15) is 25.1 Å². The molecule has 1 atom stereocenters. The molecule has 0 aliphatic heterocycles. The Morgan fingerprint density at radius 3 is 2.60 bits per heavy atom. The van der Waals surface area contributed by atoms with Gasteiger partial charge in [0, 0.05) is 12.4 Å². The van der Waals surface area contributed by atoms with Crippen molar-refractivity contribution in [3.8, 4) is 0 Å². The van der Waals surface area contributed by atoms with Crippen LogP contribution >= 0.6 is 24.8 Å². The third kappa shape index (κ3) is 6.53. The summed E-state index contributed by atoms with van der Waals surface area (Å²) in [5, 5.41) is 5.26. The van der Waals surface area contributed by atoms with E-state index >= 15 is 0 Å². The van der Waals surface area contributed by atoms with Gasteiger partial charge in [0.25, 0.3) is 0 Å². The number of halogens is 2. The molecule has 0 saturated carbocycles. The Hall–Kier alpha value is -1.83. The van der Waals surface area contributed by atoms with Crippen LogP contribution in [0.4, 0.5) is 0 Å². The zero-order valence-corrected chi connectivity index (χ0v) is 16.1. The normalized spacial score (nSPS) is 11.4. The van der Waals surface area contributed by atoms with E-state index in [0.717, 1.165) is 16.9 Å². The quantitative estimate of drug-likeness (QED) is 0.690. The van der Waals surface area contributed by atoms with Gasteiger partial charge < -0.3 is 20.8 Å². The highest BCUT2D eigenvalue weighted by atomic mass is 35.5. The maximum absolute atomic E-state index is 11.8. The molecule has 0 unspecified atom stereocenters. The predicted molar refractivity (Wildman–Crippen MR) is 102 cm³/mol. The van der Waals surface area contributed by atoms with Crippen LogP contribution in [0.2, 0.25) is 0 Å². The lowest BCUT2D eigenvalue weighted by Crippen LogP contribution is -2.47. The first-order chi connectivity index (χ1) is 10.9. The SMILES string of the molecule is Cc1ccn2cc(CNC(=O)CNC(=O)[C@@H](N)C(C)C)nc2c1.Cl.Cl. The van der Waals surface area contributed by atoms with Crippen molar-refractivity contribution >= 4 is 42.3 Å². The van der Waals surface area contributed by atoms with Gasteiger partial charge in [-0.25, -0.2) is 4.98 Å². The number of pyridine rings is 1. The van der Waals surface area contributed by atoms with Crippen LogP contribution in [0.3, 0.4) is 0 Å². The standard InChI is InChI=1S/C16H23N5O2.2ClH/c1-10(2)15(17)16(23)19-8-14(22)18-7-12-9-21-5-4-11(3)6-13(21)20-12;;/h4-6,9-10,15H,7-8,17H2,1-3H3,(H,18,22)(H,19,23);2*1H/t15-;;/m0../s1. The van der Waals surface area contributed by atoms with Gasteiger partial charge in [-0.3, -0.25) is 9.59 Å². The smallest absolute Gasteiger partial charge is 0.239 e. The summed E-state index contributed by atoms with van der Waals surface area (Å²) in [7, 11) is 0. The Kier molecular flexibility index (Phi) is 9.48. The molecule has 140 valence electrons. The van der Waals surface area contributed by atoms with Crippen molar-refractivity contribution in [2.75, 3.05) is 6.54 Å². The highest BCUT2D eigenvalue weighted by Gasteiger charge is 2.17. The van der Waals surface area contributed by atoms with E-state index in [1.807, 2.05) is 49.7 Å². The summed E-state index contributed by atoms with van der Waals surface area (Å²) < 4.78 is 1.90. The van der Waals surface area contributed by atoms with Crippen LogP contribution in [0, 0.1) is 12.8 Å². The van der Waals surface area contributed by atoms with Gasteiger partial charge in [0.05, 0.1) is 24.8 Å². The number of carbonyl (C=O) groups is 2. The lowest BCUT2D eigenvalue weighted by Gasteiger charge is -2.14. The monoisotopic (exact) mass is 389 g/mol. The van der Waals surface area contributed by atoms with Crippen molar-refractivity contribution < 1.29 is 9.59 Å². The van der Waals surface area contributed by atoms with E-state index in [4.69, 9.17) is 5.73 Å².